The minimum Gasteiger partial charge on any atom is -0.465 e. The maximum atomic E-state index is 12.0. The van der Waals surface area contributed by atoms with Crippen molar-refractivity contribution in [2.75, 3.05) is 52.3 Å². The van der Waals surface area contributed by atoms with E-state index in [9.17, 15) is 9.59 Å². The van der Waals surface area contributed by atoms with Gasteiger partial charge in [-0.25, -0.2) is 0 Å². The summed E-state index contributed by atoms with van der Waals surface area (Å²) in [4.78, 5) is 26.3. The first-order valence-electron chi connectivity index (χ1n) is 19.5. The van der Waals surface area contributed by atoms with E-state index in [2.05, 4.69) is 57.1 Å². The van der Waals surface area contributed by atoms with Crippen molar-refractivity contribution in [1.82, 2.24) is 4.90 Å². The van der Waals surface area contributed by atoms with E-state index in [1.165, 1.54) is 115 Å². The summed E-state index contributed by atoms with van der Waals surface area (Å²) in [6, 6.07) is 0. The van der Waals surface area contributed by atoms with E-state index < -0.39 is 0 Å². The molecule has 0 fully saturated rings. The van der Waals surface area contributed by atoms with Crippen molar-refractivity contribution in [2.45, 2.75) is 168 Å². The molecule has 0 heterocycles. The molecule has 0 unspecified atom stereocenters. The number of carbonyl (C=O) groups excluding carboxylic acids is 2. The largest absolute Gasteiger partial charge is 0.465 e. The lowest BCUT2D eigenvalue weighted by atomic mass is 10.1. The van der Waals surface area contributed by atoms with Gasteiger partial charge in [-0.3, -0.25) is 9.59 Å². The summed E-state index contributed by atoms with van der Waals surface area (Å²) in [5.74, 6) is -0.0611. The Morgan fingerprint density at radius 2 is 0.891 bits per heavy atom. The number of rotatable bonds is 35. The molecule has 0 amide bonds. The van der Waals surface area contributed by atoms with Crippen LogP contribution in [0.1, 0.15) is 168 Å². The molecule has 0 aliphatic rings. The van der Waals surface area contributed by atoms with Crippen molar-refractivity contribution >= 4 is 19.9 Å². The average molecular weight is 666 g/mol. The van der Waals surface area contributed by atoms with Crippen LogP contribution >= 0.6 is 7.92 Å². The van der Waals surface area contributed by atoms with E-state index in [-0.39, 0.29) is 19.9 Å². The van der Waals surface area contributed by atoms with E-state index in [0.29, 0.717) is 26.1 Å². The Labute approximate surface area is 287 Å². The summed E-state index contributed by atoms with van der Waals surface area (Å²) in [5.41, 5.74) is 0. The fourth-order valence-corrected chi connectivity index (χ4v) is 8.17. The third kappa shape index (κ3) is 35.7. The third-order valence-corrected chi connectivity index (χ3v) is 11.3. The molecular formula is C40H76NO4P. The number of allylic oxidation sites excluding steroid dienone is 2. The van der Waals surface area contributed by atoms with Crippen molar-refractivity contribution in [1.29, 1.82) is 0 Å². The van der Waals surface area contributed by atoms with Gasteiger partial charge >= 0.3 is 11.9 Å². The van der Waals surface area contributed by atoms with Crippen LogP contribution in [0.15, 0.2) is 24.3 Å². The maximum Gasteiger partial charge on any atom is 0.305 e. The Bertz CT molecular complexity index is 672. The van der Waals surface area contributed by atoms with Gasteiger partial charge < -0.3 is 14.4 Å². The second-order valence-electron chi connectivity index (χ2n) is 13.3. The predicted molar refractivity (Wildman–Crippen MR) is 202 cm³/mol. The summed E-state index contributed by atoms with van der Waals surface area (Å²) in [6.07, 6.45) is 40.2. The van der Waals surface area contributed by atoms with Crippen LogP contribution in [0.5, 0.6) is 0 Å². The molecule has 0 aromatic heterocycles. The molecule has 270 valence electrons. The predicted octanol–water partition coefficient (Wildman–Crippen LogP) is 11.6. The van der Waals surface area contributed by atoms with Gasteiger partial charge in [0.2, 0.25) is 0 Å². The summed E-state index contributed by atoms with van der Waals surface area (Å²) in [7, 11) is 4.47. The number of esters is 2. The number of hydrogen-bond donors (Lipinski definition) is 0. The van der Waals surface area contributed by atoms with E-state index >= 15 is 0 Å². The first-order chi connectivity index (χ1) is 22.5. The van der Waals surface area contributed by atoms with Crippen LogP contribution < -0.4 is 0 Å². The van der Waals surface area contributed by atoms with Crippen LogP contribution in [0.3, 0.4) is 0 Å². The van der Waals surface area contributed by atoms with Gasteiger partial charge in [-0.2, -0.15) is 0 Å². The highest BCUT2D eigenvalue weighted by atomic mass is 31.1. The highest BCUT2D eigenvalue weighted by molar-refractivity contribution is 7.57. The molecule has 0 atom stereocenters. The second-order valence-corrected chi connectivity index (χ2v) is 16.0. The number of hydrogen-bond acceptors (Lipinski definition) is 5. The highest BCUT2D eigenvalue weighted by Gasteiger charge is 2.09. The van der Waals surface area contributed by atoms with E-state index in [0.717, 1.165) is 51.4 Å². The Morgan fingerprint density at radius 3 is 1.33 bits per heavy atom. The van der Waals surface area contributed by atoms with Gasteiger partial charge in [-0.15, -0.1) is 7.92 Å². The summed E-state index contributed by atoms with van der Waals surface area (Å²) >= 11 is 0. The van der Waals surface area contributed by atoms with Crippen molar-refractivity contribution < 1.29 is 19.1 Å². The van der Waals surface area contributed by atoms with E-state index in [1.54, 1.807) is 0 Å². The number of nitrogens with zero attached hydrogens (tertiary/aromatic N) is 1. The third-order valence-electron chi connectivity index (χ3n) is 8.42. The van der Waals surface area contributed by atoms with Gasteiger partial charge in [0.15, 0.2) is 0 Å². The van der Waals surface area contributed by atoms with Gasteiger partial charge in [0.05, 0.1) is 13.2 Å². The zero-order valence-electron chi connectivity index (χ0n) is 31.1. The Hall–Kier alpha value is -1.19. The van der Waals surface area contributed by atoms with Gasteiger partial charge in [0.1, 0.15) is 0 Å². The summed E-state index contributed by atoms with van der Waals surface area (Å²) in [6.45, 7) is 6.68. The molecule has 5 nitrogen and oxygen atoms in total. The molecule has 0 aliphatic carbocycles. The maximum absolute atomic E-state index is 12.0. The molecular weight excluding hydrogens is 589 g/mol. The zero-order valence-corrected chi connectivity index (χ0v) is 31.9. The van der Waals surface area contributed by atoms with Crippen molar-refractivity contribution in [3.63, 3.8) is 0 Å². The molecule has 46 heavy (non-hydrogen) atoms. The normalized spacial score (nSPS) is 12.5. The van der Waals surface area contributed by atoms with Crippen LogP contribution in [0.2, 0.25) is 0 Å². The minimum absolute atomic E-state index is 0.0305. The Kier molecular flexibility index (Phi) is 35.7. The number of carbonyl (C=O) groups is 2. The van der Waals surface area contributed by atoms with Crippen molar-refractivity contribution in [2.24, 2.45) is 0 Å². The molecule has 0 saturated heterocycles. The topological polar surface area (TPSA) is 55.8 Å². The van der Waals surface area contributed by atoms with Crippen LogP contribution in [0.25, 0.3) is 0 Å². The molecule has 0 rings (SSSR count). The Morgan fingerprint density at radius 1 is 0.500 bits per heavy atom. The van der Waals surface area contributed by atoms with Crippen LogP contribution in [-0.2, 0) is 19.1 Å². The van der Waals surface area contributed by atoms with Crippen LogP contribution in [-0.4, -0.2) is 69.2 Å². The molecule has 0 saturated carbocycles. The summed E-state index contributed by atoms with van der Waals surface area (Å²) < 4.78 is 10.8. The summed E-state index contributed by atoms with van der Waals surface area (Å²) in [5, 5.41) is 0. The number of ether oxygens (including phenoxy) is 2. The van der Waals surface area contributed by atoms with Gasteiger partial charge in [-0.1, -0.05) is 102 Å². The fourth-order valence-electron chi connectivity index (χ4n) is 5.49. The average Bonchev–Trinajstić information content (AvgIpc) is 3.04. The van der Waals surface area contributed by atoms with E-state index in [4.69, 9.17) is 9.47 Å². The first kappa shape index (κ1) is 44.8. The lowest BCUT2D eigenvalue weighted by Gasteiger charge is -2.18. The quantitative estimate of drug-likeness (QED) is 0.0292. The monoisotopic (exact) mass is 666 g/mol. The van der Waals surface area contributed by atoms with Crippen molar-refractivity contribution in [3.05, 3.63) is 24.3 Å². The molecule has 6 heteroatoms. The fraction of sp³-hybridized carbons (Fsp3) is 0.850. The molecule has 0 N–H and O–H groups in total. The second kappa shape index (κ2) is 36.6. The standard InChI is InChI=1S/C40H76NO4P/c1-5-7-9-11-13-19-26-34-44-39(42)31-23-17-15-21-28-36-46(38-30-25-33-41(3)4)37-29-22-16-18-24-32-40(43)45-35-27-20-14-12-10-8-6-2/h13-14,19-20H,5-12,15-18,21-38H2,1-4H3. The molecule has 0 aromatic carbocycles. The number of unbranched alkanes of at least 4 members (excludes halogenated alkanes) is 15. The van der Waals surface area contributed by atoms with Gasteiger partial charge in [0, 0.05) is 12.8 Å². The first-order valence-corrected chi connectivity index (χ1v) is 21.4. The molecule has 0 radical (unpaired) electrons. The lowest BCUT2D eigenvalue weighted by Crippen LogP contribution is -2.13. The SMILES string of the molecule is CCCCCC=CCCOC(=O)CCCCCCCP(CCCCCCCC(=O)OCCC=CCCCCC)CCCCN(C)C. The minimum atomic E-state index is -0.0305. The molecule has 0 spiro atoms. The molecule has 0 aromatic rings. The van der Waals surface area contributed by atoms with Crippen LogP contribution in [0.4, 0.5) is 0 Å². The smallest absolute Gasteiger partial charge is 0.305 e. The highest BCUT2D eigenvalue weighted by Crippen LogP contribution is 2.39. The lowest BCUT2D eigenvalue weighted by molar-refractivity contribution is -0.144. The van der Waals surface area contributed by atoms with Gasteiger partial charge in [-0.05, 0) is 116 Å². The van der Waals surface area contributed by atoms with Crippen LogP contribution in [0, 0.1) is 0 Å². The zero-order chi connectivity index (χ0) is 33.8. The Balaban J connectivity index is 3.92. The van der Waals surface area contributed by atoms with Crippen molar-refractivity contribution in [3.8, 4) is 0 Å². The molecule has 0 bridgehead atoms. The van der Waals surface area contributed by atoms with Gasteiger partial charge in [0.25, 0.3) is 0 Å². The van der Waals surface area contributed by atoms with E-state index in [1.807, 2.05) is 0 Å². The molecule has 0 aliphatic heterocycles.